The number of rotatable bonds is 1. The average molecular weight is 372 g/mol. The van der Waals surface area contributed by atoms with Crippen LogP contribution in [0.2, 0.25) is 0 Å². The Morgan fingerprint density at radius 1 is 0.586 bits per heavy atom. The molecule has 4 rings (SSSR count). The Labute approximate surface area is 172 Å². The Bertz CT molecular complexity index is 1170. The third kappa shape index (κ3) is 4.50. The third-order valence-electron chi connectivity index (χ3n) is 4.99. The summed E-state index contributed by atoms with van der Waals surface area (Å²) in [5, 5.41) is 9.23. The number of anilines is 1. The lowest BCUT2D eigenvalue weighted by Crippen LogP contribution is -2.17. The summed E-state index contributed by atoms with van der Waals surface area (Å²) in [4.78, 5) is 2.42. The number of hydrogen-bond donors (Lipinski definition) is 0. The second kappa shape index (κ2) is 8.84. The highest BCUT2D eigenvalue weighted by atomic mass is 15.1. The van der Waals surface area contributed by atoms with Crippen LogP contribution in [-0.2, 0) is 0 Å². The Hall–Kier alpha value is -3.93. The maximum Gasteiger partial charge on any atom is 0.100 e. The van der Waals surface area contributed by atoms with Crippen LogP contribution >= 0.6 is 0 Å². The Morgan fingerprint density at radius 2 is 1.07 bits per heavy atom. The maximum absolute atomic E-state index is 9.23. The van der Waals surface area contributed by atoms with Crippen LogP contribution in [0.3, 0.4) is 0 Å². The summed E-state index contributed by atoms with van der Waals surface area (Å²) in [5.41, 5.74) is 5.33. The van der Waals surface area contributed by atoms with Gasteiger partial charge < -0.3 is 4.90 Å². The molecule has 1 aliphatic heterocycles. The molecule has 0 N–H and O–H groups in total. The summed E-state index contributed by atoms with van der Waals surface area (Å²) in [6.45, 7) is 2.29. The SMILES string of the molecule is N#Cc1ccccc1C#Cc1ccccc1C#Cc1ccc(N2CCCC2)cc1. The monoisotopic (exact) mass is 372 g/mol. The maximum atomic E-state index is 9.23. The van der Waals surface area contributed by atoms with Crippen LogP contribution in [0.5, 0.6) is 0 Å². The number of benzene rings is 3. The van der Waals surface area contributed by atoms with Crippen LogP contribution in [0.15, 0.2) is 72.8 Å². The summed E-state index contributed by atoms with van der Waals surface area (Å²) in [6, 6.07) is 25.9. The molecule has 0 atom stereocenters. The molecule has 1 saturated heterocycles. The summed E-state index contributed by atoms with van der Waals surface area (Å²) in [5.74, 6) is 12.8. The largest absolute Gasteiger partial charge is 0.372 e. The van der Waals surface area contributed by atoms with E-state index in [-0.39, 0.29) is 0 Å². The van der Waals surface area contributed by atoms with E-state index >= 15 is 0 Å². The van der Waals surface area contributed by atoms with Gasteiger partial charge in [0.05, 0.1) is 5.56 Å². The van der Waals surface area contributed by atoms with Gasteiger partial charge in [-0.05, 0) is 61.4 Å². The lowest BCUT2D eigenvalue weighted by molar-refractivity contribution is 0.949. The number of nitriles is 1. The molecule has 138 valence electrons. The number of hydrogen-bond acceptors (Lipinski definition) is 2. The lowest BCUT2D eigenvalue weighted by Gasteiger charge is -2.17. The van der Waals surface area contributed by atoms with E-state index < -0.39 is 0 Å². The summed E-state index contributed by atoms with van der Waals surface area (Å²) < 4.78 is 0. The molecule has 0 aliphatic carbocycles. The molecule has 3 aromatic rings. The van der Waals surface area contributed by atoms with Crippen LogP contribution < -0.4 is 4.90 Å². The minimum Gasteiger partial charge on any atom is -0.372 e. The van der Waals surface area contributed by atoms with Crippen molar-refractivity contribution in [2.75, 3.05) is 18.0 Å². The Kier molecular flexibility index (Phi) is 5.62. The van der Waals surface area contributed by atoms with Crippen molar-refractivity contribution in [3.63, 3.8) is 0 Å². The van der Waals surface area contributed by atoms with Gasteiger partial charge in [-0.2, -0.15) is 5.26 Å². The van der Waals surface area contributed by atoms with Crippen LogP contribution in [-0.4, -0.2) is 13.1 Å². The summed E-state index contributed by atoms with van der Waals surface area (Å²) in [7, 11) is 0. The van der Waals surface area contributed by atoms with Gasteiger partial charge in [-0.1, -0.05) is 47.9 Å². The van der Waals surface area contributed by atoms with E-state index in [4.69, 9.17) is 0 Å². The summed E-state index contributed by atoms with van der Waals surface area (Å²) >= 11 is 0. The molecule has 0 spiro atoms. The molecule has 0 bridgehead atoms. The van der Waals surface area contributed by atoms with Gasteiger partial charge in [0.2, 0.25) is 0 Å². The fraction of sp³-hybridized carbons (Fsp3) is 0.148. The molecule has 2 nitrogen and oxygen atoms in total. The average Bonchev–Trinajstić information content (AvgIpc) is 3.32. The van der Waals surface area contributed by atoms with Gasteiger partial charge in [0, 0.05) is 41.0 Å². The minimum atomic E-state index is 0.585. The Morgan fingerprint density at radius 3 is 1.62 bits per heavy atom. The fourth-order valence-corrected chi connectivity index (χ4v) is 3.40. The van der Waals surface area contributed by atoms with Gasteiger partial charge in [-0.3, -0.25) is 0 Å². The topological polar surface area (TPSA) is 27.0 Å². The first-order valence-electron chi connectivity index (χ1n) is 9.81. The van der Waals surface area contributed by atoms with Gasteiger partial charge >= 0.3 is 0 Å². The molecule has 1 aliphatic rings. The Balaban J connectivity index is 1.57. The normalized spacial score (nSPS) is 12.3. The van der Waals surface area contributed by atoms with Crippen LogP contribution in [0, 0.1) is 35.0 Å². The molecule has 0 saturated carbocycles. The van der Waals surface area contributed by atoms with E-state index in [0.29, 0.717) is 5.56 Å². The molecule has 29 heavy (non-hydrogen) atoms. The quantitative estimate of drug-likeness (QED) is 0.565. The zero-order chi connectivity index (χ0) is 19.9. The van der Waals surface area contributed by atoms with Gasteiger partial charge in [0.1, 0.15) is 6.07 Å². The van der Waals surface area contributed by atoms with Gasteiger partial charge in [0.15, 0.2) is 0 Å². The van der Waals surface area contributed by atoms with Crippen molar-refractivity contribution in [2.24, 2.45) is 0 Å². The second-order valence-electron chi connectivity index (χ2n) is 6.94. The van der Waals surface area contributed by atoms with Crippen LogP contribution in [0.25, 0.3) is 0 Å². The molecule has 0 aromatic heterocycles. The van der Waals surface area contributed by atoms with Crippen LogP contribution in [0.4, 0.5) is 5.69 Å². The van der Waals surface area contributed by atoms with Crippen molar-refractivity contribution in [2.45, 2.75) is 12.8 Å². The minimum absolute atomic E-state index is 0.585. The van der Waals surface area contributed by atoms with Gasteiger partial charge in [-0.15, -0.1) is 0 Å². The van der Waals surface area contributed by atoms with E-state index in [0.717, 1.165) is 35.3 Å². The first-order valence-corrected chi connectivity index (χ1v) is 9.81. The zero-order valence-electron chi connectivity index (χ0n) is 16.2. The van der Waals surface area contributed by atoms with Crippen LogP contribution in [0.1, 0.15) is 40.7 Å². The van der Waals surface area contributed by atoms with Crippen molar-refractivity contribution in [3.8, 4) is 29.8 Å². The number of nitrogens with zero attached hydrogens (tertiary/aromatic N) is 2. The standard InChI is InChI=1S/C27H20N2/c28-21-26-10-4-3-9-25(26)16-15-24-8-2-1-7-23(24)14-11-22-12-17-27(18-13-22)29-19-5-6-20-29/h1-4,7-10,12-13,17-18H,5-6,19-20H2. The smallest absolute Gasteiger partial charge is 0.100 e. The highest BCUT2D eigenvalue weighted by Crippen LogP contribution is 2.20. The first kappa shape index (κ1) is 18.4. The molecule has 0 unspecified atom stereocenters. The zero-order valence-corrected chi connectivity index (χ0v) is 16.2. The van der Waals surface area contributed by atoms with E-state index in [1.54, 1.807) is 6.07 Å². The highest BCUT2D eigenvalue weighted by Gasteiger charge is 2.11. The van der Waals surface area contributed by atoms with Gasteiger partial charge in [0.25, 0.3) is 0 Å². The van der Waals surface area contributed by atoms with Crippen molar-refractivity contribution >= 4 is 5.69 Å². The molecule has 0 amide bonds. The molecule has 0 radical (unpaired) electrons. The van der Waals surface area contributed by atoms with Crippen molar-refractivity contribution in [3.05, 3.63) is 101 Å². The molecular weight excluding hydrogens is 352 g/mol. The predicted octanol–water partition coefficient (Wildman–Crippen LogP) is 4.96. The molecular formula is C27H20N2. The highest BCUT2D eigenvalue weighted by molar-refractivity contribution is 5.57. The van der Waals surface area contributed by atoms with E-state index in [1.165, 1.54) is 18.5 Å². The third-order valence-corrected chi connectivity index (χ3v) is 4.99. The molecule has 1 heterocycles. The summed E-state index contributed by atoms with van der Waals surface area (Å²) in [6.07, 6.45) is 2.55. The second-order valence-corrected chi connectivity index (χ2v) is 6.94. The van der Waals surface area contributed by atoms with Gasteiger partial charge in [-0.25, -0.2) is 0 Å². The molecule has 1 fully saturated rings. The van der Waals surface area contributed by atoms with Crippen molar-refractivity contribution in [1.82, 2.24) is 0 Å². The van der Waals surface area contributed by atoms with E-state index in [9.17, 15) is 5.26 Å². The fourth-order valence-electron chi connectivity index (χ4n) is 3.40. The molecule has 2 heteroatoms. The van der Waals surface area contributed by atoms with Crippen molar-refractivity contribution < 1.29 is 0 Å². The predicted molar refractivity (Wildman–Crippen MR) is 117 cm³/mol. The molecule has 3 aromatic carbocycles. The first-order chi connectivity index (χ1) is 14.3. The lowest BCUT2D eigenvalue weighted by atomic mass is 10.1. The van der Waals surface area contributed by atoms with E-state index in [2.05, 4.69) is 58.9 Å². The van der Waals surface area contributed by atoms with E-state index in [1.807, 2.05) is 42.5 Å². The van der Waals surface area contributed by atoms with Crippen molar-refractivity contribution in [1.29, 1.82) is 5.26 Å².